The second-order valence-electron chi connectivity index (χ2n) is 4.77. The highest BCUT2D eigenvalue weighted by Gasteiger charge is 2.49. The van der Waals surface area contributed by atoms with Crippen molar-refractivity contribution in [3.05, 3.63) is 6.33 Å². The number of fused-ring (bicyclic) bond motifs is 1. The van der Waals surface area contributed by atoms with Gasteiger partial charge in [0, 0.05) is 6.42 Å². The maximum atomic E-state index is 9.97. The summed E-state index contributed by atoms with van der Waals surface area (Å²) in [5.41, 5.74) is 10.3. The van der Waals surface area contributed by atoms with Gasteiger partial charge in [-0.15, -0.1) is 0 Å². The number of imidazole rings is 1. The van der Waals surface area contributed by atoms with Crippen molar-refractivity contribution >= 4 is 22.9 Å². The van der Waals surface area contributed by atoms with Gasteiger partial charge in [0.15, 0.2) is 11.5 Å². The molecule has 3 atom stereocenters. The number of aliphatic hydroxyl groups is 2. The van der Waals surface area contributed by atoms with Crippen molar-refractivity contribution < 1.29 is 14.9 Å². The number of anilines is 2. The van der Waals surface area contributed by atoms with Gasteiger partial charge in [-0.25, -0.2) is 4.98 Å². The summed E-state index contributed by atoms with van der Waals surface area (Å²) < 4.78 is 7.01. The summed E-state index contributed by atoms with van der Waals surface area (Å²) in [5, 5.41) is 28.4. The Morgan fingerprint density at radius 3 is 2.90 bits per heavy atom. The third-order valence-corrected chi connectivity index (χ3v) is 3.51. The molecule has 10 nitrogen and oxygen atoms in total. The lowest BCUT2D eigenvalue weighted by Gasteiger charge is -2.21. The van der Waals surface area contributed by atoms with E-state index in [0.717, 1.165) is 0 Å². The fourth-order valence-corrected chi connectivity index (χ4v) is 2.37. The summed E-state index contributed by atoms with van der Waals surface area (Å²) in [7, 11) is 0. The molecule has 3 rings (SSSR count). The average Bonchev–Trinajstić information content (AvgIpc) is 3.00. The first-order valence-corrected chi connectivity index (χ1v) is 6.14. The number of hydrogen-bond acceptors (Lipinski definition) is 9. The van der Waals surface area contributed by atoms with Gasteiger partial charge in [-0.1, -0.05) is 0 Å². The van der Waals surface area contributed by atoms with E-state index < -0.39 is 24.5 Å². The maximum Gasteiger partial charge on any atom is 0.224 e. The summed E-state index contributed by atoms with van der Waals surface area (Å²) in [6, 6.07) is 1.80. The van der Waals surface area contributed by atoms with E-state index in [1.807, 2.05) is 0 Å². The zero-order valence-corrected chi connectivity index (χ0v) is 10.8. The summed E-state index contributed by atoms with van der Waals surface area (Å²) in [5.74, 6) is 0.109. The second kappa shape index (κ2) is 4.52. The molecule has 21 heavy (non-hydrogen) atoms. The Morgan fingerprint density at radius 2 is 2.29 bits per heavy atom. The molecule has 1 aliphatic rings. The van der Waals surface area contributed by atoms with E-state index in [-0.39, 0.29) is 18.2 Å². The van der Waals surface area contributed by atoms with Crippen LogP contribution in [0.5, 0.6) is 0 Å². The monoisotopic (exact) mass is 291 g/mol. The van der Waals surface area contributed by atoms with Crippen molar-refractivity contribution in [1.29, 1.82) is 5.26 Å². The van der Waals surface area contributed by atoms with Crippen LogP contribution in [0.25, 0.3) is 11.2 Å². The Kier molecular flexibility index (Phi) is 2.91. The standard InChI is InChI=1S/C11H13N7O3/c12-2-11(3-19)5(20)1-6(21-11)18-4-15-7-8(13)16-10(14)17-9(7)18/h4-6,19-20H,1,3H2,(H4,13,14,16,17)/t5?,6-,11-/m1/s1. The zero-order valence-electron chi connectivity index (χ0n) is 10.8. The molecular formula is C11H13N7O3. The van der Waals surface area contributed by atoms with Crippen molar-refractivity contribution in [2.24, 2.45) is 0 Å². The molecule has 0 radical (unpaired) electrons. The first-order chi connectivity index (χ1) is 10.0. The Hall–Kier alpha value is -2.48. The lowest BCUT2D eigenvalue weighted by atomic mass is 10.00. The van der Waals surface area contributed by atoms with Crippen molar-refractivity contribution in [3.63, 3.8) is 0 Å². The van der Waals surface area contributed by atoms with Crippen molar-refractivity contribution in [1.82, 2.24) is 19.5 Å². The van der Waals surface area contributed by atoms with E-state index in [4.69, 9.17) is 21.5 Å². The number of nitrogens with two attached hydrogens (primary N) is 2. The average molecular weight is 291 g/mol. The van der Waals surface area contributed by atoms with Gasteiger partial charge in [0.05, 0.1) is 12.9 Å². The quantitative estimate of drug-likeness (QED) is 0.515. The number of nitrogen functional groups attached to an aromatic ring is 2. The second-order valence-corrected chi connectivity index (χ2v) is 4.77. The number of rotatable bonds is 2. The highest BCUT2D eigenvalue weighted by Crippen LogP contribution is 2.37. The summed E-state index contributed by atoms with van der Waals surface area (Å²) in [6.07, 6.45) is -0.335. The summed E-state index contributed by atoms with van der Waals surface area (Å²) >= 11 is 0. The van der Waals surface area contributed by atoms with Crippen LogP contribution < -0.4 is 11.5 Å². The molecule has 110 valence electrons. The van der Waals surface area contributed by atoms with Crippen LogP contribution >= 0.6 is 0 Å². The van der Waals surface area contributed by atoms with Crippen LogP contribution in [0, 0.1) is 11.3 Å². The van der Waals surface area contributed by atoms with Gasteiger partial charge in [0.2, 0.25) is 11.5 Å². The number of nitrogens with zero attached hydrogens (tertiary/aromatic N) is 5. The van der Waals surface area contributed by atoms with E-state index in [9.17, 15) is 10.2 Å². The fourth-order valence-electron chi connectivity index (χ4n) is 2.37. The minimum Gasteiger partial charge on any atom is -0.392 e. The number of nitriles is 1. The molecule has 0 bridgehead atoms. The van der Waals surface area contributed by atoms with Gasteiger partial charge in [0.1, 0.15) is 23.9 Å². The zero-order chi connectivity index (χ0) is 15.2. The molecule has 0 spiro atoms. The highest BCUT2D eigenvalue weighted by atomic mass is 16.6. The van der Waals surface area contributed by atoms with Crippen LogP contribution in [-0.4, -0.2) is 48.0 Å². The molecule has 2 aromatic rings. The Labute approximate surface area is 118 Å². The molecule has 1 fully saturated rings. The van der Waals surface area contributed by atoms with Crippen LogP contribution in [0.2, 0.25) is 0 Å². The Morgan fingerprint density at radius 1 is 1.52 bits per heavy atom. The molecule has 0 saturated carbocycles. The van der Waals surface area contributed by atoms with E-state index in [0.29, 0.717) is 11.2 Å². The molecule has 1 aliphatic heterocycles. The number of aromatic nitrogens is 4. The van der Waals surface area contributed by atoms with Crippen molar-refractivity contribution in [2.75, 3.05) is 18.1 Å². The topological polar surface area (TPSA) is 169 Å². The Balaban J connectivity index is 2.05. The van der Waals surface area contributed by atoms with Gasteiger partial charge in [-0.3, -0.25) is 4.57 Å². The van der Waals surface area contributed by atoms with E-state index in [1.54, 1.807) is 6.07 Å². The normalized spacial score (nSPS) is 28.8. The smallest absolute Gasteiger partial charge is 0.224 e. The minimum absolute atomic E-state index is 0.0194. The highest BCUT2D eigenvalue weighted by molar-refractivity contribution is 5.82. The van der Waals surface area contributed by atoms with Crippen LogP contribution in [0.4, 0.5) is 11.8 Å². The third kappa shape index (κ3) is 1.87. The molecule has 10 heteroatoms. The molecule has 2 aromatic heterocycles. The van der Waals surface area contributed by atoms with Gasteiger partial charge in [-0.2, -0.15) is 15.2 Å². The van der Waals surface area contributed by atoms with Crippen LogP contribution in [0.3, 0.4) is 0 Å². The SMILES string of the molecule is N#C[C@]1(CO)O[C@@H](n2cnc3c(N)nc(N)nc32)CC1O. The molecule has 6 N–H and O–H groups in total. The van der Waals surface area contributed by atoms with Crippen LogP contribution in [0.1, 0.15) is 12.6 Å². The van der Waals surface area contributed by atoms with E-state index >= 15 is 0 Å². The van der Waals surface area contributed by atoms with Crippen LogP contribution in [0.15, 0.2) is 6.33 Å². The van der Waals surface area contributed by atoms with Gasteiger partial charge in [-0.05, 0) is 0 Å². The Bertz CT molecular complexity index is 739. The van der Waals surface area contributed by atoms with Gasteiger partial charge >= 0.3 is 0 Å². The fraction of sp³-hybridized carbons (Fsp3) is 0.455. The van der Waals surface area contributed by atoms with Crippen LogP contribution in [-0.2, 0) is 4.74 Å². The molecule has 3 heterocycles. The maximum absolute atomic E-state index is 9.97. The number of aliphatic hydroxyl groups excluding tert-OH is 2. The lowest BCUT2D eigenvalue weighted by molar-refractivity contribution is -0.0904. The molecular weight excluding hydrogens is 278 g/mol. The van der Waals surface area contributed by atoms with Crippen molar-refractivity contribution in [2.45, 2.75) is 24.4 Å². The molecule has 1 unspecified atom stereocenters. The van der Waals surface area contributed by atoms with Gasteiger partial charge < -0.3 is 26.4 Å². The lowest BCUT2D eigenvalue weighted by Crippen LogP contribution is -2.41. The summed E-state index contributed by atoms with van der Waals surface area (Å²) in [6.45, 7) is -0.618. The third-order valence-electron chi connectivity index (χ3n) is 3.51. The molecule has 1 saturated heterocycles. The predicted molar refractivity (Wildman–Crippen MR) is 70.3 cm³/mol. The predicted octanol–water partition coefficient (Wildman–Crippen LogP) is -1.47. The summed E-state index contributed by atoms with van der Waals surface area (Å²) in [4.78, 5) is 11.9. The molecule has 0 aromatic carbocycles. The molecule has 0 amide bonds. The first-order valence-electron chi connectivity index (χ1n) is 6.14. The minimum atomic E-state index is -1.66. The van der Waals surface area contributed by atoms with Crippen molar-refractivity contribution in [3.8, 4) is 6.07 Å². The van der Waals surface area contributed by atoms with E-state index in [1.165, 1.54) is 10.9 Å². The number of ether oxygens (including phenoxy) is 1. The first kappa shape index (κ1) is 13.5. The molecule has 0 aliphatic carbocycles. The van der Waals surface area contributed by atoms with E-state index in [2.05, 4.69) is 15.0 Å². The largest absolute Gasteiger partial charge is 0.392 e. The van der Waals surface area contributed by atoms with Gasteiger partial charge in [0.25, 0.3) is 0 Å². The number of hydrogen-bond donors (Lipinski definition) is 4.